The molecule has 0 unspecified atom stereocenters. The highest BCUT2D eigenvalue weighted by molar-refractivity contribution is 6.62. The van der Waals surface area contributed by atoms with Crippen LogP contribution in [0.1, 0.15) is 51.9 Å². The molecule has 2 heterocycles. The van der Waals surface area contributed by atoms with Crippen LogP contribution in [0.25, 0.3) is 0 Å². The van der Waals surface area contributed by atoms with Gasteiger partial charge in [0.1, 0.15) is 6.71 Å². The van der Waals surface area contributed by atoms with E-state index in [0.29, 0.717) is 0 Å². The van der Waals surface area contributed by atoms with Crippen LogP contribution in [-0.2, 0) is 0 Å². The van der Waals surface area contributed by atoms with Gasteiger partial charge >= 0.3 is 0 Å². The number of fused-ring (bicyclic) bond motifs is 2. The van der Waals surface area contributed by atoms with Crippen LogP contribution in [-0.4, -0.2) is 6.71 Å². The van der Waals surface area contributed by atoms with E-state index >= 15 is 0 Å². The fourth-order valence-electron chi connectivity index (χ4n) is 3.62. The van der Waals surface area contributed by atoms with E-state index in [4.69, 9.17) is 0 Å². The van der Waals surface area contributed by atoms with Gasteiger partial charge in [0.05, 0.1) is 0 Å². The smallest absolute Gasteiger partial charge is 0.0740 e. The zero-order valence-electron chi connectivity index (χ0n) is 8.39. The Balaban J connectivity index is 1.98. The third-order valence-electron chi connectivity index (χ3n) is 4.13. The first-order valence-electron chi connectivity index (χ1n) is 5.92. The van der Waals surface area contributed by atoms with Crippen molar-refractivity contribution in [2.75, 3.05) is 0 Å². The summed E-state index contributed by atoms with van der Waals surface area (Å²) in [6.45, 7) is 3.49. The Morgan fingerprint density at radius 1 is 1.00 bits per heavy atom. The van der Waals surface area contributed by atoms with E-state index in [0.717, 1.165) is 18.3 Å². The molecule has 68 valence electrons. The molecule has 0 spiro atoms. The van der Waals surface area contributed by atoms with E-state index in [-0.39, 0.29) is 0 Å². The quantitative estimate of drug-likeness (QED) is 0.541. The molecule has 0 nitrogen and oxygen atoms in total. The highest BCUT2D eigenvalue weighted by Crippen LogP contribution is 2.47. The average Bonchev–Trinajstić information content (AvgIpc) is 2.04. The molecule has 0 aromatic heterocycles. The Hall–Kier alpha value is 0.0649. The lowest BCUT2D eigenvalue weighted by atomic mass is 9.26. The zero-order chi connectivity index (χ0) is 8.39. The first kappa shape index (κ1) is 8.65. The zero-order valence-corrected chi connectivity index (χ0v) is 8.39. The lowest BCUT2D eigenvalue weighted by Crippen LogP contribution is -2.34. The van der Waals surface area contributed by atoms with Crippen LogP contribution in [0.15, 0.2) is 0 Å². The molecule has 2 aliphatic heterocycles. The van der Waals surface area contributed by atoms with Crippen molar-refractivity contribution in [2.45, 2.75) is 69.8 Å². The third kappa shape index (κ3) is 1.55. The fourth-order valence-corrected chi connectivity index (χ4v) is 3.62. The molecule has 2 fully saturated rings. The van der Waals surface area contributed by atoms with Crippen molar-refractivity contribution < 1.29 is 0 Å². The van der Waals surface area contributed by atoms with Crippen molar-refractivity contribution in [3.63, 3.8) is 0 Å². The van der Waals surface area contributed by atoms with Crippen molar-refractivity contribution >= 4 is 6.71 Å². The molecule has 0 aromatic rings. The molecule has 2 saturated heterocycles. The summed E-state index contributed by atoms with van der Waals surface area (Å²) in [7, 11) is 0. The fraction of sp³-hybridized carbons (Fsp3) is 1.00. The average molecular weight is 164 g/mol. The Morgan fingerprint density at radius 3 is 1.92 bits per heavy atom. The summed E-state index contributed by atoms with van der Waals surface area (Å²) < 4.78 is 0. The molecule has 0 radical (unpaired) electrons. The molecular formula is C11H21B. The normalized spacial score (nSPS) is 35.2. The van der Waals surface area contributed by atoms with E-state index in [1.54, 1.807) is 25.7 Å². The predicted octanol–water partition coefficient (Wildman–Crippen LogP) is 4.00. The Morgan fingerprint density at radius 2 is 1.50 bits per heavy atom. The Labute approximate surface area is 77.2 Å². The molecule has 2 bridgehead atoms. The second-order valence-corrected chi connectivity index (χ2v) is 4.83. The van der Waals surface area contributed by atoms with Gasteiger partial charge in [-0.3, -0.25) is 0 Å². The maximum Gasteiger partial charge on any atom is 0.146 e. The lowest BCUT2D eigenvalue weighted by Gasteiger charge is -2.40. The van der Waals surface area contributed by atoms with E-state index in [1.165, 1.54) is 25.6 Å². The minimum atomic E-state index is 1.14. The van der Waals surface area contributed by atoms with Gasteiger partial charge in [0.25, 0.3) is 0 Å². The Kier molecular flexibility index (Phi) is 2.78. The summed E-state index contributed by atoms with van der Waals surface area (Å²) in [6.07, 6.45) is 12.2. The third-order valence-corrected chi connectivity index (χ3v) is 4.13. The molecule has 0 amide bonds. The SMILES string of the molecule is CCCB1C2CCCC1CCC2. The first-order chi connectivity index (χ1) is 5.92. The van der Waals surface area contributed by atoms with E-state index in [9.17, 15) is 0 Å². The van der Waals surface area contributed by atoms with Gasteiger partial charge < -0.3 is 0 Å². The summed E-state index contributed by atoms with van der Waals surface area (Å²) in [5.41, 5.74) is 0. The van der Waals surface area contributed by atoms with Gasteiger partial charge in [-0.2, -0.15) is 0 Å². The van der Waals surface area contributed by atoms with Crippen LogP contribution in [0.2, 0.25) is 18.0 Å². The highest BCUT2D eigenvalue weighted by Gasteiger charge is 2.37. The summed E-state index contributed by atoms with van der Waals surface area (Å²) in [5, 5.41) is 0. The first-order valence-corrected chi connectivity index (χ1v) is 5.92. The molecular weight excluding hydrogens is 143 g/mol. The molecule has 1 heteroatoms. The van der Waals surface area contributed by atoms with Gasteiger partial charge in [-0.25, -0.2) is 0 Å². The van der Waals surface area contributed by atoms with Crippen LogP contribution in [0.5, 0.6) is 0 Å². The van der Waals surface area contributed by atoms with Crippen molar-refractivity contribution in [1.82, 2.24) is 0 Å². The summed E-state index contributed by atoms with van der Waals surface area (Å²) in [6, 6.07) is 0. The van der Waals surface area contributed by atoms with Crippen LogP contribution >= 0.6 is 0 Å². The van der Waals surface area contributed by atoms with Crippen molar-refractivity contribution in [3.8, 4) is 0 Å². The van der Waals surface area contributed by atoms with E-state index in [2.05, 4.69) is 6.92 Å². The number of hydrogen-bond donors (Lipinski definition) is 0. The largest absolute Gasteiger partial charge is 0.146 e. The van der Waals surface area contributed by atoms with Crippen molar-refractivity contribution in [3.05, 3.63) is 0 Å². The topological polar surface area (TPSA) is 0 Å². The van der Waals surface area contributed by atoms with Crippen LogP contribution < -0.4 is 0 Å². The predicted molar refractivity (Wildman–Crippen MR) is 56.1 cm³/mol. The van der Waals surface area contributed by atoms with Crippen molar-refractivity contribution in [1.29, 1.82) is 0 Å². The minimum absolute atomic E-state index is 1.14. The second-order valence-electron chi connectivity index (χ2n) is 4.83. The van der Waals surface area contributed by atoms with Gasteiger partial charge in [-0.05, 0) is 0 Å². The van der Waals surface area contributed by atoms with Gasteiger partial charge in [0.2, 0.25) is 0 Å². The van der Waals surface area contributed by atoms with Crippen LogP contribution in [0.4, 0.5) is 0 Å². The highest BCUT2D eigenvalue weighted by atomic mass is 14.2. The molecule has 0 atom stereocenters. The Bertz CT molecular complexity index is 122. The molecule has 0 N–H and O–H groups in total. The van der Waals surface area contributed by atoms with Crippen LogP contribution in [0.3, 0.4) is 0 Å². The molecule has 2 rings (SSSR count). The summed E-state index contributed by atoms with van der Waals surface area (Å²) in [4.78, 5) is 0. The summed E-state index contributed by atoms with van der Waals surface area (Å²) >= 11 is 0. The molecule has 0 saturated carbocycles. The van der Waals surface area contributed by atoms with Crippen LogP contribution in [0, 0.1) is 0 Å². The maximum atomic E-state index is 2.35. The van der Waals surface area contributed by atoms with Gasteiger partial charge in [-0.15, -0.1) is 0 Å². The standard InChI is InChI=1S/C11H21B/c1-2-9-12-10-5-3-6-11(12)8-4-7-10/h10-11H,2-9H2,1H3. The van der Waals surface area contributed by atoms with Gasteiger partial charge in [0.15, 0.2) is 0 Å². The molecule has 0 aromatic carbocycles. The second kappa shape index (κ2) is 3.85. The molecule has 0 aliphatic carbocycles. The monoisotopic (exact) mass is 164 g/mol. The van der Waals surface area contributed by atoms with Crippen molar-refractivity contribution in [2.24, 2.45) is 0 Å². The molecule has 12 heavy (non-hydrogen) atoms. The lowest BCUT2D eigenvalue weighted by molar-refractivity contribution is 0.441. The van der Waals surface area contributed by atoms with E-state index in [1.807, 2.05) is 0 Å². The van der Waals surface area contributed by atoms with Gasteiger partial charge in [-0.1, -0.05) is 69.8 Å². The number of hydrogen-bond acceptors (Lipinski definition) is 0. The summed E-state index contributed by atoms with van der Waals surface area (Å²) in [5.74, 6) is 2.27. The molecule has 2 aliphatic rings. The van der Waals surface area contributed by atoms with Gasteiger partial charge in [0, 0.05) is 0 Å². The maximum absolute atomic E-state index is 2.35. The minimum Gasteiger partial charge on any atom is -0.0740 e. The number of rotatable bonds is 2. The van der Waals surface area contributed by atoms with E-state index < -0.39 is 0 Å².